The van der Waals surface area contributed by atoms with Crippen LogP contribution in [0.5, 0.6) is 0 Å². The smallest absolute Gasteiger partial charge is 0.253 e. The number of hydrogen-bond acceptors (Lipinski definition) is 3. The number of carbonyl (C=O) groups is 2. The van der Waals surface area contributed by atoms with Gasteiger partial charge < -0.3 is 15.3 Å². The molecule has 0 aromatic heterocycles. The van der Waals surface area contributed by atoms with Gasteiger partial charge in [-0.05, 0) is 55.9 Å². The van der Waals surface area contributed by atoms with Crippen molar-refractivity contribution in [2.24, 2.45) is 5.92 Å². The lowest BCUT2D eigenvalue weighted by Crippen LogP contribution is -2.35. The van der Waals surface area contributed by atoms with Crippen LogP contribution in [0.25, 0.3) is 0 Å². The predicted molar refractivity (Wildman–Crippen MR) is 82.6 cm³/mol. The van der Waals surface area contributed by atoms with Crippen molar-refractivity contribution in [1.29, 1.82) is 0 Å². The van der Waals surface area contributed by atoms with Gasteiger partial charge in [0.15, 0.2) is 0 Å². The summed E-state index contributed by atoms with van der Waals surface area (Å²) in [7, 11) is 1.70. The molecule has 5 nitrogen and oxygen atoms in total. The molecule has 2 amide bonds. The van der Waals surface area contributed by atoms with E-state index >= 15 is 0 Å². The molecule has 2 fully saturated rings. The molecule has 0 aliphatic heterocycles. The first-order valence-electron chi connectivity index (χ1n) is 7.89. The first-order chi connectivity index (χ1) is 10.5. The third kappa shape index (κ3) is 3.65. The molecule has 2 aliphatic carbocycles. The molecule has 1 unspecified atom stereocenters. The van der Waals surface area contributed by atoms with Crippen LogP contribution < -0.4 is 5.32 Å². The Morgan fingerprint density at radius 1 is 1.18 bits per heavy atom. The van der Waals surface area contributed by atoms with Crippen molar-refractivity contribution < 1.29 is 14.7 Å². The summed E-state index contributed by atoms with van der Waals surface area (Å²) in [5.41, 5.74) is 1.11. The van der Waals surface area contributed by atoms with Gasteiger partial charge in [0.25, 0.3) is 11.8 Å². The van der Waals surface area contributed by atoms with Gasteiger partial charge in [-0.3, -0.25) is 9.59 Å². The maximum Gasteiger partial charge on any atom is 0.253 e. The van der Waals surface area contributed by atoms with Gasteiger partial charge in [-0.25, -0.2) is 0 Å². The molecule has 0 bridgehead atoms. The molecule has 0 saturated heterocycles. The van der Waals surface area contributed by atoms with Gasteiger partial charge in [-0.2, -0.15) is 0 Å². The van der Waals surface area contributed by atoms with E-state index in [4.69, 9.17) is 0 Å². The summed E-state index contributed by atoms with van der Waals surface area (Å²) in [6.07, 6.45) is 3.77. The third-order valence-electron chi connectivity index (χ3n) is 4.28. The lowest BCUT2D eigenvalue weighted by molar-refractivity contribution is 0.0645. The van der Waals surface area contributed by atoms with Gasteiger partial charge in [0.2, 0.25) is 0 Å². The molecule has 3 rings (SSSR count). The zero-order chi connectivity index (χ0) is 15.7. The molecular weight excluding hydrogens is 280 g/mol. The predicted octanol–water partition coefficient (Wildman–Crippen LogP) is 1.42. The molecule has 2 saturated carbocycles. The minimum absolute atomic E-state index is 0.0843. The summed E-state index contributed by atoms with van der Waals surface area (Å²) in [6.45, 7) is 0.355. The van der Waals surface area contributed by atoms with E-state index < -0.39 is 6.10 Å². The van der Waals surface area contributed by atoms with E-state index in [0.29, 0.717) is 29.6 Å². The number of nitrogens with one attached hydrogen (secondary N) is 1. The monoisotopic (exact) mass is 302 g/mol. The van der Waals surface area contributed by atoms with Crippen molar-refractivity contribution in [3.05, 3.63) is 35.4 Å². The molecule has 118 valence electrons. The standard InChI is InChI=1S/C17H22N2O3/c1-19(10-15(20)11-2-3-11)17(22)13-6-4-12(5-7-13)16(21)18-14-8-9-14/h4-7,11,14-15,20H,2-3,8-10H2,1H3,(H,18,21). The molecule has 1 aromatic carbocycles. The molecular formula is C17H22N2O3. The van der Waals surface area contributed by atoms with Gasteiger partial charge in [-0.1, -0.05) is 0 Å². The molecule has 2 N–H and O–H groups in total. The highest BCUT2D eigenvalue weighted by molar-refractivity contribution is 5.97. The van der Waals surface area contributed by atoms with E-state index in [1.807, 2.05) is 0 Å². The maximum atomic E-state index is 12.3. The highest BCUT2D eigenvalue weighted by Gasteiger charge is 2.31. The van der Waals surface area contributed by atoms with Crippen LogP contribution in [-0.4, -0.2) is 47.6 Å². The van der Waals surface area contributed by atoms with E-state index in [1.165, 1.54) is 0 Å². The Morgan fingerprint density at radius 3 is 2.32 bits per heavy atom. The average molecular weight is 302 g/mol. The number of benzene rings is 1. The zero-order valence-corrected chi connectivity index (χ0v) is 12.8. The van der Waals surface area contributed by atoms with E-state index in [0.717, 1.165) is 25.7 Å². The Kier molecular flexibility index (Phi) is 4.16. The largest absolute Gasteiger partial charge is 0.391 e. The fourth-order valence-corrected chi connectivity index (χ4v) is 2.47. The number of carbonyl (C=O) groups excluding carboxylic acids is 2. The van der Waals surface area contributed by atoms with Gasteiger partial charge in [0, 0.05) is 30.8 Å². The quantitative estimate of drug-likeness (QED) is 0.835. The second-order valence-electron chi connectivity index (χ2n) is 6.42. The normalized spacial score (nSPS) is 18.6. The fraction of sp³-hybridized carbons (Fsp3) is 0.529. The van der Waals surface area contributed by atoms with Crippen LogP contribution >= 0.6 is 0 Å². The minimum Gasteiger partial charge on any atom is -0.391 e. The highest BCUT2D eigenvalue weighted by atomic mass is 16.3. The van der Waals surface area contributed by atoms with E-state index in [2.05, 4.69) is 5.32 Å². The summed E-state index contributed by atoms with van der Waals surface area (Å²) < 4.78 is 0. The molecule has 22 heavy (non-hydrogen) atoms. The third-order valence-corrected chi connectivity index (χ3v) is 4.28. The van der Waals surface area contributed by atoms with Crippen molar-refractivity contribution in [3.63, 3.8) is 0 Å². The zero-order valence-electron chi connectivity index (χ0n) is 12.8. The maximum absolute atomic E-state index is 12.3. The number of nitrogens with zero attached hydrogens (tertiary/aromatic N) is 1. The second kappa shape index (κ2) is 6.08. The van der Waals surface area contributed by atoms with Crippen molar-refractivity contribution in [3.8, 4) is 0 Å². The molecule has 2 aliphatic rings. The summed E-state index contributed by atoms with van der Waals surface area (Å²) in [5.74, 6) is 0.136. The van der Waals surface area contributed by atoms with Crippen molar-refractivity contribution >= 4 is 11.8 Å². The van der Waals surface area contributed by atoms with Crippen molar-refractivity contribution in [2.75, 3.05) is 13.6 Å². The van der Waals surface area contributed by atoms with Gasteiger partial charge in [0.05, 0.1) is 6.10 Å². The Hall–Kier alpha value is -1.88. The summed E-state index contributed by atoms with van der Waals surface area (Å²) in [4.78, 5) is 25.7. The van der Waals surface area contributed by atoms with Crippen LogP contribution in [0.1, 0.15) is 46.4 Å². The number of rotatable bonds is 6. The lowest BCUT2D eigenvalue weighted by atomic mass is 10.1. The number of aliphatic hydroxyl groups excluding tert-OH is 1. The Balaban J connectivity index is 1.58. The molecule has 0 spiro atoms. The molecule has 1 aromatic rings. The van der Waals surface area contributed by atoms with Crippen molar-refractivity contribution in [2.45, 2.75) is 37.8 Å². The van der Waals surface area contributed by atoms with E-state index in [1.54, 1.807) is 36.2 Å². The first kappa shape index (κ1) is 15.0. The second-order valence-corrected chi connectivity index (χ2v) is 6.42. The van der Waals surface area contributed by atoms with Crippen LogP contribution in [-0.2, 0) is 0 Å². The van der Waals surface area contributed by atoms with Gasteiger partial charge in [-0.15, -0.1) is 0 Å². The molecule has 0 radical (unpaired) electrons. The van der Waals surface area contributed by atoms with Crippen LogP contribution in [0, 0.1) is 5.92 Å². The topological polar surface area (TPSA) is 69.6 Å². The van der Waals surface area contributed by atoms with Crippen LogP contribution in [0.3, 0.4) is 0 Å². The Bertz CT molecular complexity index is 562. The lowest BCUT2D eigenvalue weighted by Gasteiger charge is -2.20. The average Bonchev–Trinajstić information content (AvgIpc) is 3.38. The van der Waals surface area contributed by atoms with E-state index in [9.17, 15) is 14.7 Å². The SMILES string of the molecule is CN(CC(O)C1CC1)C(=O)c1ccc(C(=O)NC2CC2)cc1. The van der Waals surface area contributed by atoms with Crippen LogP contribution in [0.2, 0.25) is 0 Å². The molecule has 1 atom stereocenters. The van der Waals surface area contributed by atoms with E-state index in [-0.39, 0.29) is 11.8 Å². The first-order valence-corrected chi connectivity index (χ1v) is 7.89. The Labute approximate surface area is 130 Å². The van der Waals surface area contributed by atoms with Crippen LogP contribution in [0.15, 0.2) is 24.3 Å². The molecule has 0 heterocycles. The van der Waals surface area contributed by atoms with Gasteiger partial charge >= 0.3 is 0 Å². The highest BCUT2D eigenvalue weighted by Crippen LogP contribution is 2.32. The molecule has 5 heteroatoms. The summed E-state index contributed by atoms with van der Waals surface area (Å²) in [5, 5.41) is 12.8. The number of hydrogen-bond donors (Lipinski definition) is 2. The summed E-state index contributed by atoms with van der Waals surface area (Å²) in [6, 6.07) is 7.02. The fourth-order valence-electron chi connectivity index (χ4n) is 2.47. The van der Waals surface area contributed by atoms with Crippen LogP contribution in [0.4, 0.5) is 0 Å². The summed E-state index contributed by atoms with van der Waals surface area (Å²) >= 11 is 0. The minimum atomic E-state index is -0.433. The Morgan fingerprint density at radius 2 is 1.77 bits per heavy atom. The number of likely N-dealkylation sites (N-methyl/N-ethyl adjacent to an activating group) is 1. The van der Waals surface area contributed by atoms with Crippen molar-refractivity contribution in [1.82, 2.24) is 10.2 Å². The van der Waals surface area contributed by atoms with Gasteiger partial charge in [0.1, 0.15) is 0 Å². The number of amides is 2. The number of aliphatic hydroxyl groups is 1.